The van der Waals surface area contributed by atoms with E-state index in [0.717, 1.165) is 27.8 Å². The number of aliphatic imine (C=N–C) groups is 1. The van der Waals surface area contributed by atoms with Gasteiger partial charge in [-0.2, -0.15) is 5.26 Å². The van der Waals surface area contributed by atoms with E-state index in [2.05, 4.69) is 29.8 Å². The molecule has 0 amide bonds. The fourth-order valence-corrected chi connectivity index (χ4v) is 4.45. The van der Waals surface area contributed by atoms with Gasteiger partial charge in [0.15, 0.2) is 5.54 Å². The number of rotatable bonds is 1. The van der Waals surface area contributed by atoms with Gasteiger partial charge >= 0.3 is 0 Å². The highest BCUT2D eigenvalue weighted by atomic mass is 16.5. The van der Waals surface area contributed by atoms with E-state index in [9.17, 15) is 5.26 Å². The molecule has 1 fully saturated rings. The molecule has 0 bridgehead atoms. The fraction of sp³-hybridized carbons (Fsp3) is 0.222. The lowest BCUT2D eigenvalue weighted by molar-refractivity contribution is -0.0648. The van der Waals surface area contributed by atoms with Crippen molar-refractivity contribution in [2.75, 3.05) is 19.8 Å². The molecule has 0 aliphatic carbocycles. The van der Waals surface area contributed by atoms with E-state index in [1.165, 1.54) is 0 Å². The summed E-state index contributed by atoms with van der Waals surface area (Å²) in [6.07, 6.45) is 1.71. The van der Waals surface area contributed by atoms with E-state index < -0.39 is 5.54 Å². The second-order valence-electron chi connectivity index (χ2n) is 8.98. The first kappa shape index (κ1) is 20.3. The van der Waals surface area contributed by atoms with Crippen molar-refractivity contribution in [1.29, 1.82) is 5.26 Å². The SMILES string of the molecule is CC1(C#Cc2cnc3c(c2)[C@]2(COC(N)=N2)c2cc(-c4cccc(C#N)c4)ccc2O3)COC1. The molecule has 3 aromatic rings. The van der Waals surface area contributed by atoms with E-state index in [1.54, 1.807) is 12.3 Å². The molecular weight excluding hydrogens is 428 g/mol. The normalized spacial score (nSPS) is 20.9. The van der Waals surface area contributed by atoms with Crippen LogP contribution in [0.2, 0.25) is 0 Å². The number of aromatic nitrogens is 1. The molecule has 1 atom stereocenters. The smallest absolute Gasteiger partial charge is 0.283 e. The summed E-state index contributed by atoms with van der Waals surface area (Å²) in [6.45, 7) is 3.56. The lowest BCUT2D eigenvalue weighted by Crippen LogP contribution is -2.38. The van der Waals surface area contributed by atoms with Crippen molar-refractivity contribution in [3.8, 4) is 40.7 Å². The van der Waals surface area contributed by atoms with Gasteiger partial charge in [-0.15, -0.1) is 0 Å². The van der Waals surface area contributed by atoms with Crippen LogP contribution in [-0.4, -0.2) is 30.8 Å². The van der Waals surface area contributed by atoms with Crippen molar-refractivity contribution in [2.45, 2.75) is 12.5 Å². The summed E-state index contributed by atoms with van der Waals surface area (Å²) in [6, 6.07) is 17.6. The van der Waals surface area contributed by atoms with Crippen LogP contribution in [0.25, 0.3) is 11.1 Å². The van der Waals surface area contributed by atoms with Gasteiger partial charge < -0.3 is 19.9 Å². The number of pyridine rings is 1. The third-order valence-corrected chi connectivity index (χ3v) is 6.33. The van der Waals surface area contributed by atoms with Crippen LogP contribution in [0.3, 0.4) is 0 Å². The Morgan fingerprint density at radius 1 is 1.00 bits per heavy atom. The third kappa shape index (κ3) is 3.18. The van der Waals surface area contributed by atoms with Crippen LogP contribution in [0.4, 0.5) is 0 Å². The highest BCUT2D eigenvalue weighted by molar-refractivity contribution is 5.78. The van der Waals surface area contributed by atoms with Crippen LogP contribution in [0, 0.1) is 28.6 Å². The Labute approximate surface area is 196 Å². The molecule has 3 aliphatic heterocycles. The molecule has 2 N–H and O–H groups in total. The molecule has 1 aromatic heterocycles. The Morgan fingerprint density at radius 2 is 1.85 bits per heavy atom. The molecule has 3 aliphatic rings. The minimum atomic E-state index is -0.899. The Morgan fingerprint density at radius 3 is 2.59 bits per heavy atom. The van der Waals surface area contributed by atoms with Crippen molar-refractivity contribution < 1.29 is 14.2 Å². The molecule has 7 nitrogen and oxygen atoms in total. The van der Waals surface area contributed by atoms with Gasteiger partial charge in [0, 0.05) is 17.3 Å². The van der Waals surface area contributed by atoms with E-state index >= 15 is 0 Å². The highest BCUT2D eigenvalue weighted by Crippen LogP contribution is 2.51. The summed E-state index contributed by atoms with van der Waals surface area (Å²) in [5.74, 6) is 7.62. The standard InChI is InChI=1S/C27H20N4O3/c1-26(14-32-15-26)8-7-18-10-22-24(30-13-18)34-23-6-5-20(19-4-2-3-17(9-19)12-28)11-21(23)27(22)16-33-25(29)31-27/h2-6,9-11,13H,14-16H2,1H3,(H2,29,31)/t27-/m0/s1. The monoisotopic (exact) mass is 448 g/mol. The first-order chi connectivity index (χ1) is 16.5. The molecular formula is C27H20N4O3. The number of hydrogen-bond donors (Lipinski definition) is 1. The second kappa shape index (κ2) is 7.34. The number of fused-ring (bicyclic) bond motifs is 4. The van der Waals surface area contributed by atoms with Gasteiger partial charge in [-0.1, -0.05) is 30.0 Å². The first-order valence-corrected chi connectivity index (χ1v) is 10.9. The molecule has 6 rings (SSSR count). The second-order valence-corrected chi connectivity index (χ2v) is 8.98. The maximum Gasteiger partial charge on any atom is 0.283 e. The molecule has 0 saturated carbocycles. The van der Waals surface area contributed by atoms with Crippen molar-refractivity contribution in [2.24, 2.45) is 16.1 Å². The summed E-state index contributed by atoms with van der Waals surface area (Å²) < 4.78 is 17.1. The van der Waals surface area contributed by atoms with Crippen LogP contribution in [0.1, 0.15) is 29.2 Å². The molecule has 2 aromatic carbocycles. The zero-order valence-electron chi connectivity index (χ0n) is 18.5. The molecule has 0 radical (unpaired) electrons. The van der Waals surface area contributed by atoms with Crippen molar-refractivity contribution in [1.82, 2.24) is 4.98 Å². The Kier molecular flexibility index (Phi) is 4.38. The van der Waals surface area contributed by atoms with Crippen LogP contribution in [0.15, 0.2) is 59.7 Å². The predicted octanol–water partition coefficient (Wildman–Crippen LogP) is 3.70. The summed E-state index contributed by atoms with van der Waals surface area (Å²) in [5.41, 5.74) is 9.77. The lowest BCUT2D eigenvalue weighted by Gasteiger charge is -2.33. The van der Waals surface area contributed by atoms with Crippen LogP contribution >= 0.6 is 0 Å². The number of hydrogen-bond acceptors (Lipinski definition) is 7. The van der Waals surface area contributed by atoms with Crippen LogP contribution in [-0.2, 0) is 15.0 Å². The number of nitrogens with two attached hydrogens (primary N) is 1. The quantitative estimate of drug-likeness (QED) is 0.570. The van der Waals surface area contributed by atoms with E-state index in [1.807, 2.05) is 42.5 Å². The van der Waals surface area contributed by atoms with Crippen molar-refractivity contribution >= 4 is 6.02 Å². The average Bonchev–Trinajstić information content (AvgIpc) is 3.24. The minimum absolute atomic E-state index is 0.117. The van der Waals surface area contributed by atoms with E-state index in [0.29, 0.717) is 30.4 Å². The maximum atomic E-state index is 9.30. The minimum Gasteiger partial charge on any atom is -0.462 e. The number of ether oxygens (including phenoxy) is 3. The molecule has 7 heteroatoms. The van der Waals surface area contributed by atoms with Gasteiger partial charge in [0.1, 0.15) is 12.4 Å². The number of benzene rings is 2. The highest BCUT2D eigenvalue weighted by Gasteiger charge is 2.47. The third-order valence-electron chi connectivity index (χ3n) is 6.33. The lowest BCUT2D eigenvalue weighted by atomic mass is 9.81. The summed E-state index contributed by atoms with van der Waals surface area (Å²) in [7, 11) is 0. The van der Waals surface area contributed by atoms with Crippen LogP contribution in [0.5, 0.6) is 11.6 Å². The van der Waals surface area contributed by atoms with Gasteiger partial charge in [0.2, 0.25) is 5.88 Å². The van der Waals surface area contributed by atoms with E-state index in [-0.39, 0.29) is 18.0 Å². The maximum absolute atomic E-state index is 9.30. The average molecular weight is 448 g/mol. The zero-order chi connectivity index (χ0) is 23.3. The molecule has 1 spiro atoms. The Hall–Kier alpha value is -4.33. The zero-order valence-corrected chi connectivity index (χ0v) is 18.5. The Balaban J connectivity index is 1.49. The van der Waals surface area contributed by atoms with Gasteiger partial charge in [0.25, 0.3) is 6.02 Å². The largest absolute Gasteiger partial charge is 0.462 e. The van der Waals surface area contributed by atoms with Gasteiger partial charge in [-0.25, -0.2) is 9.98 Å². The van der Waals surface area contributed by atoms with Gasteiger partial charge in [0.05, 0.1) is 35.8 Å². The van der Waals surface area contributed by atoms with Crippen molar-refractivity contribution in [3.05, 3.63) is 77.0 Å². The summed E-state index contributed by atoms with van der Waals surface area (Å²) >= 11 is 0. The van der Waals surface area contributed by atoms with Gasteiger partial charge in [-0.3, -0.25) is 0 Å². The first-order valence-electron chi connectivity index (χ1n) is 10.9. The van der Waals surface area contributed by atoms with Gasteiger partial charge in [-0.05, 0) is 48.4 Å². The number of nitriles is 1. The number of nitrogens with zero attached hydrogens (tertiary/aromatic N) is 3. The van der Waals surface area contributed by atoms with Crippen LogP contribution < -0.4 is 10.5 Å². The summed E-state index contributed by atoms with van der Waals surface area (Å²) in [4.78, 5) is 9.29. The fourth-order valence-electron chi connectivity index (χ4n) is 4.45. The molecule has 1 saturated heterocycles. The molecule has 34 heavy (non-hydrogen) atoms. The number of amidine groups is 1. The Bertz CT molecular complexity index is 1470. The van der Waals surface area contributed by atoms with E-state index in [4.69, 9.17) is 24.9 Å². The predicted molar refractivity (Wildman–Crippen MR) is 125 cm³/mol. The molecule has 166 valence electrons. The summed E-state index contributed by atoms with van der Waals surface area (Å²) in [5, 5.41) is 9.30. The molecule has 4 heterocycles. The topological polar surface area (TPSA) is 103 Å². The molecule has 0 unspecified atom stereocenters. The van der Waals surface area contributed by atoms with Crippen molar-refractivity contribution in [3.63, 3.8) is 0 Å².